The van der Waals surface area contributed by atoms with Crippen LogP contribution < -0.4 is 10.1 Å². The van der Waals surface area contributed by atoms with Crippen LogP contribution in [0.1, 0.15) is 5.56 Å². The van der Waals surface area contributed by atoms with Crippen molar-refractivity contribution >= 4 is 27.6 Å². The first kappa shape index (κ1) is 16.5. The molecule has 0 spiro atoms. The number of para-hydroxylation sites is 2. The van der Waals surface area contributed by atoms with Crippen molar-refractivity contribution in [3.8, 4) is 11.5 Å². The monoisotopic (exact) mass is 365 g/mol. The van der Waals surface area contributed by atoms with E-state index in [0.717, 1.165) is 45.7 Å². The van der Waals surface area contributed by atoms with Crippen LogP contribution in [0.3, 0.4) is 0 Å². The van der Waals surface area contributed by atoms with Crippen LogP contribution in [0.2, 0.25) is 0 Å². The number of benzene rings is 4. The van der Waals surface area contributed by atoms with Crippen LogP contribution in [0.4, 0.5) is 5.69 Å². The van der Waals surface area contributed by atoms with Crippen molar-refractivity contribution in [2.75, 3.05) is 5.32 Å². The van der Waals surface area contributed by atoms with Crippen LogP contribution >= 0.6 is 0 Å². The molecule has 0 aliphatic heterocycles. The summed E-state index contributed by atoms with van der Waals surface area (Å²) in [6.07, 6.45) is 0. The zero-order chi connectivity index (χ0) is 18.8. The summed E-state index contributed by atoms with van der Waals surface area (Å²) in [4.78, 5) is 0. The van der Waals surface area contributed by atoms with Crippen LogP contribution in [0, 0.1) is 0 Å². The maximum Gasteiger partial charge on any atom is 0.135 e. The lowest BCUT2D eigenvalue weighted by Gasteiger charge is -2.09. The van der Waals surface area contributed by atoms with Gasteiger partial charge in [-0.15, -0.1) is 0 Å². The second kappa shape index (κ2) is 7.12. The summed E-state index contributed by atoms with van der Waals surface area (Å²) in [6.45, 7) is 0.743. The Morgan fingerprint density at radius 2 is 1.36 bits per heavy atom. The van der Waals surface area contributed by atoms with E-state index >= 15 is 0 Å². The van der Waals surface area contributed by atoms with Crippen LogP contribution in [-0.2, 0) is 6.54 Å². The first-order chi connectivity index (χ1) is 13.8. The molecule has 5 rings (SSSR count). The number of fused-ring (bicyclic) bond motifs is 3. The molecule has 0 radical (unpaired) electrons. The summed E-state index contributed by atoms with van der Waals surface area (Å²) in [7, 11) is 0. The van der Waals surface area contributed by atoms with Gasteiger partial charge in [-0.3, -0.25) is 0 Å². The van der Waals surface area contributed by atoms with Crippen molar-refractivity contribution in [1.82, 2.24) is 0 Å². The molecule has 3 heteroatoms. The van der Waals surface area contributed by atoms with Gasteiger partial charge in [0.05, 0.1) is 0 Å². The molecule has 0 saturated carbocycles. The van der Waals surface area contributed by atoms with Gasteiger partial charge in [-0.1, -0.05) is 48.5 Å². The summed E-state index contributed by atoms with van der Waals surface area (Å²) in [5, 5.41) is 5.77. The molecule has 5 aromatic rings. The van der Waals surface area contributed by atoms with E-state index in [1.165, 1.54) is 5.56 Å². The van der Waals surface area contributed by atoms with Gasteiger partial charge in [-0.2, -0.15) is 0 Å². The third-order valence-electron chi connectivity index (χ3n) is 4.78. The van der Waals surface area contributed by atoms with Crippen molar-refractivity contribution in [1.29, 1.82) is 0 Å². The SMILES string of the molecule is c1ccc(Oc2ccc(CNc3ccc4oc5ccccc5c4c3)cc2)cc1. The summed E-state index contributed by atoms with van der Waals surface area (Å²) in [5.41, 5.74) is 4.10. The highest BCUT2D eigenvalue weighted by Crippen LogP contribution is 2.30. The quantitative estimate of drug-likeness (QED) is 0.364. The van der Waals surface area contributed by atoms with Gasteiger partial charge in [0, 0.05) is 23.0 Å². The van der Waals surface area contributed by atoms with Crippen molar-refractivity contribution < 1.29 is 9.15 Å². The van der Waals surface area contributed by atoms with E-state index in [2.05, 4.69) is 35.6 Å². The first-order valence-electron chi connectivity index (χ1n) is 9.32. The average Bonchev–Trinajstić information content (AvgIpc) is 3.12. The topological polar surface area (TPSA) is 34.4 Å². The van der Waals surface area contributed by atoms with Crippen molar-refractivity contribution in [3.63, 3.8) is 0 Å². The predicted octanol–water partition coefficient (Wildman–Crippen LogP) is 6.99. The molecule has 0 fully saturated rings. The number of nitrogens with one attached hydrogen (secondary N) is 1. The highest BCUT2D eigenvalue weighted by atomic mass is 16.5. The highest BCUT2D eigenvalue weighted by Gasteiger charge is 2.07. The minimum Gasteiger partial charge on any atom is -0.457 e. The third-order valence-corrected chi connectivity index (χ3v) is 4.78. The molecule has 0 unspecified atom stereocenters. The maximum atomic E-state index is 5.89. The van der Waals surface area contributed by atoms with E-state index in [9.17, 15) is 0 Å². The van der Waals surface area contributed by atoms with Crippen LogP contribution in [0.5, 0.6) is 11.5 Å². The Morgan fingerprint density at radius 3 is 2.21 bits per heavy atom. The average molecular weight is 365 g/mol. The molecule has 3 nitrogen and oxygen atoms in total. The van der Waals surface area contributed by atoms with Crippen LogP contribution in [0.25, 0.3) is 21.9 Å². The minimum absolute atomic E-state index is 0.743. The normalized spacial score (nSPS) is 11.0. The van der Waals surface area contributed by atoms with E-state index in [1.807, 2.05) is 66.7 Å². The maximum absolute atomic E-state index is 5.89. The van der Waals surface area contributed by atoms with E-state index in [-0.39, 0.29) is 0 Å². The molecule has 0 saturated heterocycles. The zero-order valence-corrected chi connectivity index (χ0v) is 15.3. The third kappa shape index (κ3) is 3.30. The molecule has 0 amide bonds. The second-order valence-corrected chi connectivity index (χ2v) is 6.72. The molecule has 1 aromatic heterocycles. The Hall–Kier alpha value is -3.72. The van der Waals surface area contributed by atoms with Crippen molar-refractivity contribution in [2.45, 2.75) is 6.54 Å². The number of ether oxygens (including phenoxy) is 1. The standard InChI is InChI=1S/C25H19NO2/c1-2-6-20(7-3-1)27-21-13-10-18(11-14-21)17-26-19-12-15-25-23(16-19)22-8-4-5-9-24(22)28-25/h1-16,26H,17H2. The molecule has 0 atom stereocenters. The van der Waals surface area contributed by atoms with E-state index in [0.29, 0.717) is 0 Å². The minimum atomic E-state index is 0.743. The molecule has 1 heterocycles. The summed E-state index contributed by atoms with van der Waals surface area (Å²) >= 11 is 0. The van der Waals surface area contributed by atoms with E-state index in [1.54, 1.807) is 0 Å². The molecule has 0 aliphatic carbocycles. The first-order valence-corrected chi connectivity index (χ1v) is 9.32. The number of hydrogen-bond acceptors (Lipinski definition) is 3. The van der Waals surface area contributed by atoms with E-state index < -0.39 is 0 Å². The fourth-order valence-corrected chi connectivity index (χ4v) is 3.34. The van der Waals surface area contributed by atoms with Gasteiger partial charge < -0.3 is 14.5 Å². The van der Waals surface area contributed by atoms with Gasteiger partial charge in [0.25, 0.3) is 0 Å². The fraction of sp³-hybridized carbons (Fsp3) is 0.0400. The Morgan fingerprint density at radius 1 is 0.643 bits per heavy atom. The molecule has 28 heavy (non-hydrogen) atoms. The lowest BCUT2D eigenvalue weighted by molar-refractivity contribution is 0.482. The molecule has 4 aromatic carbocycles. The molecule has 0 aliphatic rings. The number of hydrogen-bond donors (Lipinski definition) is 1. The molecule has 136 valence electrons. The largest absolute Gasteiger partial charge is 0.457 e. The molecule has 0 bridgehead atoms. The Labute approximate surface area is 163 Å². The smallest absolute Gasteiger partial charge is 0.135 e. The van der Waals surface area contributed by atoms with Crippen LogP contribution in [-0.4, -0.2) is 0 Å². The van der Waals surface area contributed by atoms with Gasteiger partial charge in [0.2, 0.25) is 0 Å². The summed E-state index contributed by atoms with van der Waals surface area (Å²) < 4.78 is 11.7. The highest BCUT2D eigenvalue weighted by molar-refractivity contribution is 6.05. The molecule has 1 N–H and O–H groups in total. The Kier molecular flexibility index (Phi) is 4.19. The predicted molar refractivity (Wildman–Crippen MR) is 114 cm³/mol. The number of rotatable bonds is 5. The second-order valence-electron chi connectivity index (χ2n) is 6.72. The fourth-order valence-electron chi connectivity index (χ4n) is 3.34. The van der Waals surface area contributed by atoms with E-state index in [4.69, 9.17) is 9.15 Å². The van der Waals surface area contributed by atoms with Crippen molar-refractivity contribution in [2.24, 2.45) is 0 Å². The van der Waals surface area contributed by atoms with Crippen LogP contribution in [0.15, 0.2) is 101 Å². The van der Waals surface area contributed by atoms with Gasteiger partial charge in [-0.25, -0.2) is 0 Å². The lowest BCUT2D eigenvalue weighted by atomic mass is 10.1. The molecular weight excluding hydrogens is 346 g/mol. The number of furan rings is 1. The number of anilines is 1. The summed E-state index contributed by atoms with van der Waals surface area (Å²) in [5.74, 6) is 1.68. The van der Waals surface area contributed by atoms with Gasteiger partial charge in [-0.05, 0) is 54.1 Å². The lowest BCUT2D eigenvalue weighted by Crippen LogP contribution is -1.99. The van der Waals surface area contributed by atoms with Crippen molar-refractivity contribution in [3.05, 3.63) is 103 Å². The zero-order valence-electron chi connectivity index (χ0n) is 15.3. The van der Waals surface area contributed by atoms with Gasteiger partial charge in [0.15, 0.2) is 0 Å². The van der Waals surface area contributed by atoms with Gasteiger partial charge >= 0.3 is 0 Å². The summed E-state index contributed by atoms with van der Waals surface area (Å²) in [6, 6.07) is 32.3. The Balaban J connectivity index is 1.30. The molecular formula is C25H19NO2. The van der Waals surface area contributed by atoms with Gasteiger partial charge in [0.1, 0.15) is 22.7 Å². The Bertz CT molecular complexity index is 1220.